The van der Waals surface area contributed by atoms with Crippen molar-refractivity contribution in [1.82, 2.24) is 10.2 Å². The summed E-state index contributed by atoms with van der Waals surface area (Å²) in [6, 6.07) is 9.34. The van der Waals surface area contributed by atoms with E-state index in [9.17, 15) is 0 Å². The summed E-state index contributed by atoms with van der Waals surface area (Å²) < 4.78 is 0. The molecule has 0 aliphatic carbocycles. The van der Waals surface area contributed by atoms with Crippen molar-refractivity contribution in [3.05, 3.63) is 29.8 Å². The van der Waals surface area contributed by atoms with Crippen LogP contribution in [0.5, 0.6) is 0 Å². The standard InChI is InChI=1S/C16H27N3/c1-3-19(4-2)13-14-8-5-6-10-16(14)18-12-15-9-7-11-17-15/h5-6,8,10,15,17-18H,3-4,7,9,11-13H2,1-2H3. The van der Waals surface area contributed by atoms with E-state index in [-0.39, 0.29) is 0 Å². The number of hydrogen-bond acceptors (Lipinski definition) is 3. The maximum Gasteiger partial charge on any atom is 0.0386 e. The zero-order valence-corrected chi connectivity index (χ0v) is 12.3. The Hall–Kier alpha value is -1.06. The molecule has 1 aromatic carbocycles. The molecule has 0 spiro atoms. The van der Waals surface area contributed by atoms with Crippen LogP contribution in [-0.2, 0) is 6.54 Å². The van der Waals surface area contributed by atoms with Gasteiger partial charge < -0.3 is 10.6 Å². The average Bonchev–Trinajstić information content (AvgIpc) is 2.97. The Morgan fingerprint density at radius 1 is 1.26 bits per heavy atom. The third-order valence-corrected chi connectivity index (χ3v) is 4.01. The minimum absolute atomic E-state index is 0.640. The van der Waals surface area contributed by atoms with Gasteiger partial charge >= 0.3 is 0 Å². The second kappa shape index (κ2) is 7.51. The first-order valence-corrected chi connectivity index (χ1v) is 7.61. The summed E-state index contributed by atoms with van der Waals surface area (Å²) in [5.41, 5.74) is 2.70. The third-order valence-electron chi connectivity index (χ3n) is 4.01. The molecule has 1 aromatic rings. The zero-order chi connectivity index (χ0) is 13.5. The van der Waals surface area contributed by atoms with Crippen molar-refractivity contribution < 1.29 is 0 Å². The van der Waals surface area contributed by atoms with E-state index < -0.39 is 0 Å². The largest absolute Gasteiger partial charge is 0.383 e. The SMILES string of the molecule is CCN(CC)Cc1ccccc1NCC1CCCN1. The maximum atomic E-state index is 3.62. The van der Waals surface area contributed by atoms with Crippen LogP contribution in [0.3, 0.4) is 0 Å². The lowest BCUT2D eigenvalue weighted by Crippen LogP contribution is -2.30. The summed E-state index contributed by atoms with van der Waals surface area (Å²) in [5, 5.41) is 7.16. The summed E-state index contributed by atoms with van der Waals surface area (Å²) in [6.45, 7) is 9.91. The van der Waals surface area contributed by atoms with Crippen LogP contribution in [0.4, 0.5) is 5.69 Å². The first-order chi connectivity index (χ1) is 9.33. The number of rotatable bonds is 7. The Morgan fingerprint density at radius 2 is 2.05 bits per heavy atom. The molecule has 1 heterocycles. The van der Waals surface area contributed by atoms with Crippen LogP contribution in [0.15, 0.2) is 24.3 Å². The van der Waals surface area contributed by atoms with Gasteiger partial charge in [-0.05, 0) is 44.1 Å². The molecule has 2 N–H and O–H groups in total. The highest BCUT2D eigenvalue weighted by Gasteiger charge is 2.14. The van der Waals surface area contributed by atoms with Crippen molar-refractivity contribution >= 4 is 5.69 Å². The van der Waals surface area contributed by atoms with E-state index in [1.807, 2.05) is 0 Å². The highest BCUT2D eigenvalue weighted by Crippen LogP contribution is 2.18. The first kappa shape index (κ1) is 14.4. The van der Waals surface area contributed by atoms with Crippen molar-refractivity contribution in [2.75, 3.05) is 31.5 Å². The number of para-hydroxylation sites is 1. The molecule has 0 aromatic heterocycles. The normalized spacial score (nSPS) is 19.0. The quantitative estimate of drug-likeness (QED) is 0.790. The van der Waals surface area contributed by atoms with Crippen molar-refractivity contribution in [3.8, 4) is 0 Å². The van der Waals surface area contributed by atoms with Crippen LogP contribution in [0, 0.1) is 0 Å². The molecule has 1 aliphatic heterocycles. The Labute approximate surface area is 117 Å². The van der Waals surface area contributed by atoms with Crippen LogP contribution in [-0.4, -0.2) is 37.1 Å². The Bertz CT molecular complexity index is 368. The second-order valence-corrected chi connectivity index (χ2v) is 5.29. The fourth-order valence-electron chi connectivity index (χ4n) is 2.68. The molecule has 2 rings (SSSR count). The lowest BCUT2D eigenvalue weighted by atomic mass is 10.1. The third kappa shape index (κ3) is 4.22. The first-order valence-electron chi connectivity index (χ1n) is 7.61. The molecule has 1 atom stereocenters. The monoisotopic (exact) mass is 261 g/mol. The van der Waals surface area contributed by atoms with Crippen molar-refractivity contribution in [3.63, 3.8) is 0 Å². The second-order valence-electron chi connectivity index (χ2n) is 5.29. The van der Waals surface area contributed by atoms with E-state index >= 15 is 0 Å². The van der Waals surface area contributed by atoms with E-state index in [0.717, 1.165) is 26.2 Å². The summed E-state index contributed by atoms with van der Waals surface area (Å²) in [7, 11) is 0. The number of hydrogen-bond donors (Lipinski definition) is 2. The van der Waals surface area contributed by atoms with Gasteiger partial charge in [0.1, 0.15) is 0 Å². The predicted octanol–water partition coefficient (Wildman–Crippen LogP) is 2.69. The molecule has 3 heteroatoms. The van der Waals surface area contributed by atoms with Gasteiger partial charge in [0, 0.05) is 24.8 Å². The molecule has 1 saturated heterocycles. The number of nitrogens with one attached hydrogen (secondary N) is 2. The van der Waals surface area contributed by atoms with Gasteiger partial charge in [-0.15, -0.1) is 0 Å². The van der Waals surface area contributed by atoms with E-state index in [0.29, 0.717) is 6.04 Å². The van der Waals surface area contributed by atoms with Crippen LogP contribution in [0.25, 0.3) is 0 Å². The van der Waals surface area contributed by atoms with Gasteiger partial charge in [0.15, 0.2) is 0 Å². The van der Waals surface area contributed by atoms with Gasteiger partial charge in [-0.1, -0.05) is 32.0 Å². The highest BCUT2D eigenvalue weighted by molar-refractivity contribution is 5.51. The molecule has 106 valence electrons. The summed E-state index contributed by atoms with van der Waals surface area (Å²) in [4.78, 5) is 2.45. The molecule has 0 amide bonds. The highest BCUT2D eigenvalue weighted by atomic mass is 15.1. The fraction of sp³-hybridized carbons (Fsp3) is 0.625. The van der Waals surface area contributed by atoms with Gasteiger partial charge in [0.25, 0.3) is 0 Å². The maximum absolute atomic E-state index is 3.62. The molecule has 1 aliphatic rings. The van der Waals surface area contributed by atoms with Crippen LogP contribution < -0.4 is 10.6 Å². The average molecular weight is 261 g/mol. The van der Waals surface area contributed by atoms with E-state index in [1.165, 1.54) is 30.6 Å². The minimum atomic E-state index is 0.640. The molecule has 0 saturated carbocycles. The molecular weight excluding hydrogens is 234 g/mol. The van der Waals surface area contributed by atoms with Crippen molar-refractivity contribution in [2.24, 2.45) is 0 Å². The number of anilines is 1. The smallest absolute Gasteiger partial charge is 0.0386 e. The summed E-state index contributed by atoms with van der Waals surface area (Å²) >= 11 is 0. The Balaban J connectivity index is 1.94. The molecule has 1 fully saturated rings. The molecule has 1 unspecified atom stereocenters. The summed E-state index contributed by atoms with van der Waals surface area (Å²) in [6.07, 6.45) is 2.61. The van der Waals surface area contributed by atoms with E-state index in [1.54, 1.807) is 0 Å². The molecule has 0 radical (unpaired) electrons. The van der Waals surface area contributed by atoms with Gasteiger partial charge in [0.05, 0.1) is 0 Å². The van der Waals surface area contributed by atoms with Gasteiger partial charge in [0.2, 0.25) is 0 Å². The lowest BCUT2D eigenvalue weighted by Gasteiger charge is -2.21. The molecule has 0 bridgehead atoms. The molecular formula is C16H27N3. The van der Waals surface area contributed by atoms with Crippen molar-refractivity contribution in [2.45, 2.75) is 39.3 Å². The molecule has 19 heavy (non-hydrogen) atoms. The van der Waals surface area contributed by atoms with Gasteiger partial charge in [-0.2, -0.15) is 0 Å². The fourth-order valence-corrected chi connectivity index (χ4v) is 2.68. The molecule has 3 nitrogen and oxygen atoms in total. The van der Waals surface area contributed by atoms with Crippen LogP contribution in [0.1, 0.15) is 32.3 Å². The minimum Gasteiger partial charge on any atom is -0.383 e. The summed E-state index contributed by atoms with van der Waals surface area (Å²) in [5.74, 6) is 0. The Morgan fingerprint density at radius 3 is 2.74 bits per heavy atom. The van der Waals surface area contributed by atoms with Crippen LogP contribution >= 0.6 is 0 Å². The van der Waals surface area contributed by atoms with E-state index in [4.69, 9.17) is 0 Å². The van der Waals surface area contributed by atoms with Gasteiger partial charge in [-0.25, -0.2) is 0 Å². The van der Waals surface area contributed by atoms with Crippen LogP contribution in [0.2, 0.25) is 0 Å². The van der Waals surface area contributed by atoms with Gasteiger partial charge in [-0.3, -0.25) is 4.90 Å². The van der Waals surface area contributed by atoms with E-state index in [2.05, 4.69) is 53.6 Å². The van der Waals surface area contributed by atoms with Crippen molar-refractivity contribution in [1.29, 1.82) is 0 Å². The predicted molar refractivity (Wildman–Crippen MR) is 82.6 cm³/mol. The topological polar surface area (TPSA) is 27.3 Å². The zero-order valence-electron chi connectivity index (χ0n) is 12.3. The lowest BCUT2D eigenvalue weighted by molar-refractivity contribution is 0.296. The Kier molecular flexibility index (Phi) is 5.67. The number of nitrogens with zero attached hydrogens (tertiary/aromatic N) is 1. The number of benzene rings is 1.